The van der Waals surface area contributed by atoms with E-state index >= 15 is 0 Å². The number of likely N-dealkylation sites (tertiary alicyclic amines) is 2. The molecule has 2 aliphatic rings. The molecule has 0 aliphatic carbocycles. The van der Waals surface area contributed by atoms with Gasteiger partial charge in [0.25, 0.3) is 5.91 Å². The van der Waals surface area contributed by atoms with Gasteiger partial charge in [0.2, 0.25) is 5.91 Å². The summed E-state index contributed by atoms with van der Waals surface area (Å²) < 4.78 is 0. The van der Waals surface area contributed by atoms with Crippen LogP contribution in [0.5, 0.6) is 0 Å². The lowest BCUT2D eigenvalue weighted by Crippen LogP contribution is -2.55. The fourth-order valence-electron chi connectivity index (χ4n) is 4.52. The van der Waals surface area contributed by atoms with Gasteiger partial charge in [-0.3, -0.25) is 24.5 Å². The average Bonchev–Trinajstić information content (AvgIpc) is 2.73. The van der Waals surface area contributed by atoms with Gasteiger partial charge >= 0.3 is 0 Å². The van der Waals surface area contributed by atoms with Crippen LogP contribution in [0.15, 0.2) is 30.9 Å². The maximum atomic E-state index is 13.1. The summed E-state index contributed by atoms with van der Waals surface area (Å²) >= 11 is 0. The van der Waals surface area contributed by atoms with Crippen molar-refractivity contribution in [3.05, 3.63) is 53.4 Å². The number of aryl methyl sites for hydroxylation is 2. The Bertz CT molecular complexity index is 914. The lowest BCUT2D eigenvalue weighted by atomic mass is 9.73. The maximum absolute atomic E-state index is 13.1. The highest BCUT2D eigenvalue weighted by Crippen LogP contribution is 2.39. The Morgan fingerprint density at radius 3 is 2.76 bits per heavy atom. The lowest BCUT2D eigenvalue weighted by molar-refractivity contribution is -0.139. The molecule has 4 rings (SSSR count). The maximum Gasteiger partial charge on any atom is 0.255 e. The van der Waals surface area contributed by atoms with E-state index in [1.54, 1.807) is 24.8 Å². The van der Waals surface area contributed by atoms with Crippen molar-refractivity contribution in [3.63, 3.8) is 0 Å². The van der Waals surface area contributed by atoms with Gasteiger partial charge in [-0.2, -0.15) is 0 Å². The van der Waals surface area contributed by atoms with Crippen LogP contribution < -0.4 is 0 Å². The molecule has 4 heterocycles. The van der Waals surface area contributed by atoms with Gasteiger partial charge in [0.05, 0.1) is 29.7 Å². The molecule has 2 amide bonds. The molecule has 29 heavy (non-hydrogen) atoms. The molecule has 1 unspecified atom stereocenters. The summed E-state index contributed by atoms with van der Waals surface area (Å²) in [6.07, 6.45) is 10.2. The van der Waals surface area contributed by atoms with Crippen LogP contribution in [-0.2, 0) is 11.3 Å². The molecular weight excluding hydrogens is 366 g/mol. The molecule has 0 N–H and O–H groups in total. The number of hydrogen-bond acceptors (Lipinski definition) is 5. The van der Waals surface area contributed by atoms with Crippen LogP contribution in [0.4, 0.5) is 0 Å². The second-order valence-corrected chi connectivity index (χ2v) is 8.42. The van der Waals surface area contributed by atoms with Crippen molar-refractivity contribution in [2.45, 2.75) is 46.1 Å². The molecular formula is C22H27N5O2. The van der Waals surface area contributed by atoms with Crippen LogP contribution >= 0.6 is 0 Å². The van der Waals surface area contributed by atoms with Crippen molar-refractivity contribution in [1.82, 2.24) is 24.8 Å². The van der Waals surface area contributed by atoms with Crippen LogP contribution in [0, 0.1) is 19.3 Å². The highest BCUT2D eigenvalue weighted by atomic mass is 16.2. The summed E-state index contributed by atoms with van der Waals surface area (Å²) in [5.74, 6) is 0.201. The molecule has 7 nitrogen and oxygen atoms in total. The second-order valence-electron chi connectivity index (χ2n) is 8.42. The molecule has 2 aromatic rings. The van der Waals surface area contributed by atoms with E-state index in [4.69, 9.17) is 0 Å². The van der Waals surface area contributed by atoms with Gasteiger partial charge in [-0.1, -0.05) is 0 Å². The van der Waals surface area contributed by atoms with E-state index in [0.717, 1.165) is 42.8 Å². The highest BCUT2D eigenvalue weighted by molar-refractivity contribution is 5.95. The Labute approximate surface area is 171 Å². The van der Waals surface area contributed by atoms with Crippen molar-refractivity contribution in [1.29, 1.82) is 0 Å². The number of pyridine rings is 1. The number of carbonyl (C=O) groups excluding carboxylic acids is 2. The summed E-state index contributed by atoms with van der Waals surface area (Å²) in [6, 6.07) is 1.87. The standard InChI is InChI=1S/C22H27N5O2/c1-16-5-8-23-12-19(16)21(29)26-9-3-6-22(14-26)7-4-20(28)27(15-22)13-18-11-24-17(2)10-25-18/h5,8,10-12H,3-4,6-7,9,13-15H2,1-2H3. The normalized spacial score (nSPS) is 22.2. The van der Waals surface area contributed by atoms with Gasteiger partial charge in [0.15, 0.2) is 0 Å². The molecule has 1 spiro atoms. The van der Waals surface area contributed by atoms with Crippen LogP contribution in [0.3, 0.4) is 0 Å². The predicted octanol–water partition coefficient (Wildman–Crippen LogP) is 2.53. The third-order valence-electron chi connectivity index (χ3n) is 6.15. The van der Waals surface area contributed by atoms with Crippen molar-refractivity contribution < 1.29 is 9.59 Å². The van der Waals surface area contributed by atoms with Gasteiger partial charge in [-0.25, -0.2) is 0 Å². The molecule has 2 aromatic heterocycles. The Morgan fingerprint density at radius 1 is 1.14 bits per heavy atom. The van der Waals surface area contributed by atoms with Crippen molar-refractivity contribution in [2.24, 2.45) is 5.41 Å². The Balaban J connectivity index is 1.49. The summed E-state index contributed by atoms with van der Waals surface area (Å²) in [4.78, 5) is 42.3. The van der Waals surface area contributed by atoms with Gasteiger partial charge in [0, 0.05) is 50.1 Å². The minimum absolute atomic E-state index is 0.0440. The van der Waals surface area contributed by atoms with Crippen LogP contribution in [0.25, 0.3) is 0 Å². The van der Waals surface area contributed by atoms with E-state index in [-0.39, 0.29) is 17.2 Å². The number of hydrogen-bond donors (Lipinski definition) is 0. The van der Waals surface area contributed by atoms with Crippen LogP contribution in [-0.4, -0.2) is 56.2 Å². The Morgan fingerprint density at radius 2 is 2.00 bits per heavy atom. The molecule has 0 saturated carbocycles. The fourth-order valence-corrected chi connectivity index (χ4v) is 4.52. The number of piperidine rings is 2. The lowest BCUT2D eigenvalue weighted by Gasteiger charge is -2.48. The summed E-state index contributed by atoms with van der Waals surface area (Å²) in [5.41, 5.74) is 3.24. The number of aromatic nitrogens is 3. The van der Waals surface area contributed by atoms with E-state index in [1.807, 2.05) is 29.7 Å². The molecule has 0 aromatic carbocycles. The van der Waals surface area contributed by atoms with E-state index in [1.165, 1.54) is 0 Å². The van der Waals surface area contributed by atoms with Crippen molar-refractivity contribution in [2.75, 3.05) is 19.6 Å². The van der Waals surface area contributed by atoms with Crippen molar-refractivity contribution in [3.8, 4) is 0 Å². The largest absolute Gasteiger partial charge is 0.338 e. The molecule has 2 fully saturated rings. The van der Waals surface area contributed by atoms with Gasteiger partial charge < -0.3 is 9.80 Å². The van der Waals surface area contributed by atoms with Crippen molar-refractivity contribution >= 4 is 11.8 Å². The first-order chi connectivity index (χ1) is 14.0. The van der Waals surface area contributed by atoms with Crippen LogP contribution in [0.2, 0.25) is 0 Å². The van der Waals surface area contributed by atoms with Crippen LogP contribution in [0.1, 0.15) is 53.0 Å². The number of amides is 2. The summed E-state index contributed by atoms with van der Waals surface area (Å²) in [7, 11) is 0. The smallest absolute Gasteiger partial charge is 0.255 e. The first-order valence-electron chi connectivity index (χ1n) is 10.2. The quantitative estimate of drug-likeness (QED) is 0.801. The molecule has 0 bridgehead atoms. The highest BCUT2D eigenvalue weighted by Gasteiger charge is 2.43. The molecule has 7 heteroatoms. The van der Waals surface area contributed by atoms with E-state index < -0.39 is 0 Å². The first kappa shape index (κ1) is 19.5. The SMILES string of the molecule is Cc1cnc(CN2CC3(CCCN(C(=O)c4cnccc4C)C3)CCC2=O)cn1. The topological polar surface area (TPSA) is 79.3 Å². The third kappa shape index (κ3) is 4.13. The molecule has 152 valence electrons. The molecule has 0 radical (unpaired) electrons. The first-order valence-corrected chi connectivity index (χ1v) is 10.2. The van der Waals surface area contributed by atoms with E-state index in [9.17, 15) is 9.59 Å². The second kappa shape index (κ2) is 7.89. The van der Waals surface area contributed by atoms with E-state index in [0.29, 0.717) is 31.6 Å². The number of nitrogens with zero attached hydrogens (tertiary/aromatic N) is 5. The zero-order valence-corrected chi connectivity index (χ0v) is 17.1. The zero-order chi connectivity index (χ0) is 20.4. The summed E-state index contributed by atoms with van der Waals surface area (Å²) in [5, 5.41) is 0. The van der Waals surface area contributed by atoms with E-state index in [2.05, 4.69) is 15.0 Å². The minimum atomic E-state index is -0.0456. The third-order valence-corrected chi connectivity index (χ3v) is 6.15. The van der Waals surface area contributed by atoms with Gasteiger partial charge in [-0.05, 0) is 44.7 Å². The number of rotatable bonds is 3. The number of carbonyl (C=O) groups is 2. The molecule has 1 atom stereocenters. The fraction of sp³-hybridized carbons (Fsp3) is 0.500. The van der Waals surface area contributed by atoms with Gasteiger partial charge in [0.1, 0.15) is 0 Å². The minimum Gasteiger partial charge on any atom is -0.338 e. The summed E-state index contributed by atoms with van der Waals surface area (Å²) in [6.45, 7) is 6.42. The Hall–Kier alpha value is -2.83. The zero-order valence-electron chi connectivity index (χ0n) is 17.1. The van der Waals surface area contributed by atoms with Gasteiger partial charge in [-0.15, -0.1) is 0 Å². The predicted molar refractivity (Wildman–Crippen MR) is 108 cm³/mol. The monoisotopic (exact) mass is 393 g/mol. The average molecular weight is 393 g/mol. The Kier molecular flexibility index (Phi) is 5.30. The molecule has 2 aliphatic heterocycles. The molecule has 2 saturated heterocycles.